The first-order valence-electron chi connectivity index (χ1n) is 5.88. The third kappa shape index (κ3) is 4.98. The van der Waals surface area contributed by atoms with Crippen LogP contribution in [0.1, 0.15) is 39.0 Å². The van der Waals surface area contributed by atoms with Gasteiger partial charge in [0, 0.05) is 12.5 Å². The predicted octanol–water partition coefficient (Wildman–Crippen LogP) is 1.59. The minimum atomic E-state index is -0.223. The van der Waals surface area contributed by atoms with Crippen LogP contribution in [-0.2, 0) is 4.79 Å². The van der Waals surface area contributed by atoms with Gasteiger partial charge in [0.25, 0.3) is 0 Å². The molecule has 15 heavy (non-hydrogen) atoms. The third-order valence-electron chi connectivity index (χ3n) is 2.94. The van der Waals surface area contributed by atoms with Crippen LogP contribution in [0.15, 0.2) is 11.6 Å². The number of nitrogens with one attached hydrogen (secondary N) is 1. The van der Waals surface area contributed by atoms with Crippen molar-refractivity contribution in [3.8, 4) is 0 Å². The zero-order chi connectivity index (χ0) is 11.1. The van der Waals surface area contributed by atoms with E-state index in [0.29, 0.717) is 6.54 Å². The van der Waals surface area contributed by atoms with Gasteiger partial charge in [-0.1, -0.05) is 18.6 Å². The molecular weight excluding hydrogens is 188 g/mol. The quantitative estimate of drug-likeness (QED) is 0.516. The number of primary amides is 1. The fourth-order valence-corrected chi connectivity index (χ4v) is 1.80. The van der Waals surface area contributed by atoms with Crippen molar-refractivity contribution in [1.29, 1.82) is 0 Å². The van der Waals surface area contributed by atoms with E-state index >= 15 is 0 Å². The second-order valence-corrected chi connectivity index (χ2v) is 4.37. The van der Waals surface area contributed by atoms with Gasteiger partial charge in [-0.3, -0.25) is 4.79 Å². The van der Waals surface area contributed by atoms with Gasteiger partial charge in [0.15, 0.2) is 0 Å². The molecule has 1 aliphatic rings. The van der Waals surface area contributed by atoms with Crippen LogP contribution in [-0.4, -0.2) is 19.0 Å². The zero-order valence-electron chi connectivity index (χ0n) is 9.59. The Morgan fingerprint density at radius 3 is 3.00 bits per heavy atom. The Kier molecular flexibility index (Phi) is 5.40. The predicted molar refractivity (Wildman–Crippen MR) is 62.4 cm³/mol. The van der Waals surface area contributed by atoms with Gasteiger partial charge in [-0.2, -0.15) is 0 Å². The highest BCUT2D eigenvalue weighted by molar-refractivity contribution is 5.76. The van der Waals surface area contributed by atoms with Crippen molar-refractivity contribution >= 4 is 5.91 Å². The summed E-state index contributed by atoms with van der Waals surface area (Å²) in [5.41, 5.74) is 6.74. The lowest BCUT2D eigenvalue weighted by Gasteiger charge is -2.13. The van der Waals surface area contributed by atoms with E-state index in [0.717, 1.165) is 13.0 Å². The van der Waals surface area contributed by atoms with Crippen LogP contribution in [0.5, 0.6) is 0 Å². The maximum Gasteiger partial charge on any atom is 0.221 e. The first kappa shape index (κ1) is 12.2. The molecule has 0 fully saturated rings. The molecule has 0 aliphatic heterocycles. The molecule has 1 atom stereocenters. The van der Waals surface area contributed by atoms with E-state index in [2.05, 4.69) is 11.4 Å². The Morgan fingerprint density at radius 1 is 1.60 bits per heavy atom. The SMILES string of the molecule is CC(CNCCC1=CCCCC1)C(N)=O. The molecule has 1 amide bonds. The molecule has 1 aliphatic carbocycles. The summed E-state index contributed by atoms with van der Waals surface area (Å²) in [5.74, 6) is -0.287. The molecule has 0 heterocycles. The summed E-state index contributed by atoms with van der Waals surface area (Å²) < 4.78 is 0. The van der Waals surface area contributed by atoms with Gasteiger partial charge in [-0.25, -0.2) is 0 Å². The third-order valence-corrected chi connectivity index (χ3v) is 2.94. The Labute approximate surface area is 92.1 Å². The number of nitrogens with two attached hydrogens (primary N) is 1. The van der Waals surface area contributed by atoms with Crippen LogP contribution < -0.4 is 11.1 Å². The lowest BCUT2D eigenvalue weighted by Crippen LogP contribution is -2.31. The molecule has 3 N–H and O–H groups in total. The van der Waals surface area contributed by atoms with Crippen LogP contribution in [0.2, 0.25) is 0 Å². The number of allylic oxidation sites excluding steroid dienone is 1. The van der Waals surface area contributed by atoms with Crippen molar-refractivity contribution in [3.05, 3.63) is 11.6 Å². The standard InChI is InChI=1S/C12H22N2O/c1-10(12(13)15)9-14-8-7-11-5-3-2-4-6-11/h5,10,14H,2-4,6-9H2,1H3,(H2,13,15). The van der Waals surface area contributed by atoms with Crippen molar-refractivity contribution in [2.24, 2.45) is 11.7 Å². The topological polar surface area (TPSA) is 55.1 Å². The molecule has 0 saturated heterocycles. The highest BCUT2D eigenvalue weighted by Gasteiger charge is 2.07. The van der Waals surface area contributed by atoms with Gasteiger partial charge in [-0.15, -0.1) is 0 Å². The molecule has 1 rings (SSSR count). The Hall–Kier alpha value is -0.830. The minimum Gasteiger partial charge on any atom is -0.369 e. The molecule has 0 spiro atoms. The van der Waals surface area contributed by atoms with Crippen molar-refractivity contribution in [3.63, 3.8) is 0 Å². The maximum atomic E-state index is 10.8. The highest BCUT2D eigenvalue weighted by atomic mass is 16.1. The van der Waals surface area contributed by atoms with Crippen LogP contribution in [0.4, 0.5) is 0 Å². The molecule has 0 aromatic heterocycles. The van der Waals surface area contributed by atoms with Gasteiger partial charge in [0.2, 0.25) is 5.91 Å². The second-order valence-electron chi connectivity index (χ2n) is 4.37. The van der Waals surface area contributed by atoms with Gasteiger partial charge >= 0.3 is 0 Å². The Bertz CT molecular complexity index is 236. The first-order chi connectivity index (χ1) is 7.20. The highest BCUT2D eigenvalue weighted by Crippen LogP contribution is 2.19. The minimum absolute atomic E-state index is 0.0645. The average molecular weight is 210 g/mol. The smallest absolute Gasteiger partial charge is 0.221 e. The second kappa shape index (κ2) is 6.62. The van der Waals surface area contributed by atoms with E-state index in [1.54, 1.807) is 5.57 Å². The molecule has 0 bridgehead atoms. The van der Waals surface area contributed by atoms with Gasteiger partial charge in [0.05, 0.1) is 0 Å². The molecule has 0 radical (unpaired) electrons. The molecular formula is C12H22N2O. The fraction of sp³-hybridized carbons (Fsp3) is 0.750. The molecule has 0 saturated carbocycles. The van der Waals surface area contributed by atoms with Crippen molar-refractivity contribution in [1.82, 2.24) is 5.32 Å². The van der Waals surface area contributed by atoms with Crippen molar-refractivity contribution in [2.45, 2.75) is 39.0 Å². The number of carbonyl (C=O) groups is 1. The maximum absolute atomic E-state index is 10.8. The van der Waals surface area contributed by atoms with E-state index < -0.39 is 0 Å². The first-order valence-corrected chi connectivity index (χ1v) is 5.88. The van der Waals surface area contributed by atoms with Crippen LogP contribution >= 0.6 is 0 Å². The number of carbonyl (C=O) groups excluding carboxylic acids is 1. The number of hydrogen-bond donors (Lipinski definition) is 2. The Balaban J connectivity index is 2.06. The summed E-state index contributed by atoms with van der Waals surface area (Å²) >= 11 is 0. The molecule has 86 valence electrons. The molecule has 0 aromatic carbocycles. The van der Waals surface area contributed by atoms with Crippen molar-refractivity contribution in [2.75, 3.05) is 13.1 Å². The van der Waals surface area contributed by atoms with Gasteiger partial charge in [0.1, 0.15) is 0 Å². The fourth-order valence-electron chi connectivity index (χ4n) is 1.80. The summed E-state index contributed by atoms with van der Waals surface area (Å²) in [6.45, 7) is 3.52. The molecule has 0 aromatic rings. The number of amides is 1. The molecule has 3 heteroatoms. The van der Waals surface area contributed by atoms with E-state index in [1.807, 2.05) is 6.92 Å². The Morgan fingerprint density at radius 2 is 2.40 bits per heavy atom. The largest absolute Gasteiger partial charge is 0.369 e. The van der Waals surface area contributed by atoms with E-state index in [9.17, 15) is 4.79 Å². The van der Waals surface area contributed by atoms with Crippen LogP contribution in [0.25, 0.3) is 0 Å². The van der Waals surface area contributed by atoms with Gasteiger partial charge < -0.3 is 11.1 Å². The summed E-state index contributed by atoms with van der Waals surface area (Å²) in [6.07, 6.45) is 8.66. The zero-order valence-corrected chi connectivity index (χ0v) is 9.59. The van der Waals surface area contributed by atoms with E-state index in [4.69, 9.17) is 5.73 Å². The van der Waals surface area contributed by atoms with Crippen molar-refractivity contribution < 1.29 is 4.79 Å². The number of hydrogen-bond acceptors (Lipinski definition) is 2. The van der Waals surface area contributed by atoms with Crippen LogP contribution in [0.3, 0.4) is 0 Å². The normalized spacial score (nSPS) is 18.3. The lowest BCUT2D eigenvalue weighted by atomic mass is 9.97. The lowest BCUT2D eigenvalue weighted by molar-refractivity contribution is -0.121. The van der Waals surface area contributed by atoms with Gasteiger partial charge in [-0.05, 0) is 38.6 Å². The molecule has 3 nitrogen and oxygen atoms in total. The van der Waals surface area contributed by atoms with E-state index in [1.165, 1.54) is 25.7 Å². The number of rotatable bonds is 6. The monoisotopic (exact) mass is 210 g/mol. The summed E-state index contributed by atoms with van der Waals surface area (Å²) in [4.78, 5) is 10.8. The average Bonchev–Trinajstić information content (AvgIpc) is 2.25. The van der Waals surface area contributed by atoms with E-state index in [-0.39, 0.29) is 11.8 Å². The summed E-state index contributed by atoms with van der Waals surface area (Å²) in [5, 5.41) is 3.27. The summed E-state index contributed by atoms with van der Waals surface area (Å²) in [7, 11) is 0. The van der Waals surface area contributed by atoms with Crippen LogP contribution in [0, 0.1) is 5.92 Å². The summed E-state index contributed by atoms with van der Waals surface area (Å²) in [6, 6.07) is 0. The molecule has 1 unspecified atom stereocenters.